The molecule has 0 radical (unpaired) electrons. The van der Waals surface area contributed by atoms with E-state index in [1.807, 2.05) is 30.5 Å². The fraction of sp³-hybridized carbons (Fsp3) is 0.200. The molecule has 128 valence electrons. The molecule has 1 N–H and O–H groups in total. The fourth-order valence-corrected chi connectivity index (χ4v) is 2.73. The Balaban J connectivity index is 1.58. The summed E-state index contributed by atoms with van der Waals surface area (Å²) in [7, 11) is 1.72. The first-order valence-corrected chi connectivity index (χ1v) is 8.22. The van der Waals surface area contributed by atoms with Crippen LogP contribution >= 0.6 is 0 Å². The molecule has 5 heteroatoms. The van der Waals surface area contributed by atoms with Gasteiger partial charge in [0.25, 0.3) is 0 Å². The maximum absolute atomic E-state index is 12.2. The third kappa shape index (κ3) is 3.88. The Labute approximate surface area is 146 Å². The van der Waals surface area contributed by atoms with Gasteiger partial charge in [0.05, 0.1) is 0 Å². The Morgan fingerprint density at radius 3 is 2.48 bits per heavy atom. The second-order valence-corrected chi connectivity index (χ2v) is 5.99. The van der Waals surface area contributed by atoms with E-state index in [2.05, 4.69) is 28.1 Å². The van der Waals surface area contributed by atoms with Crippen LogP contribution in [0.25, 0.3) is 10.9 Å². The van der Waals surface area contributed by atoms with Crippen LogP contribution < -0.4 is 10.2 Å². The molecule has 0 unspecified atom stereocenters. The fourth-order valence-electron chi connectivity index (χ4n) is 2.73. The van der Waals surface area contributed by atoms with E-state index < -0.39 is 0 Å². The summed E-state index contributed by atoms with van der Waals surface area (Å²) in [5.74, 6) is -0.0683. The molecule has 2 amide bonds. The first kappa shape index (κ1) is 16.8. The van der Waals surface area contributed by atoms with E-state index in [1.165, 1.54) is 12.3 Å². The highest BCUT2D eigenvalue weighted by atomic mass is 16.2. The predicted octanol–water partition coefficient (Wildman–Crippen LogP) is 3.65. The quantitative estimate of drug-likeness (QED) is 0.774. The SMILES string of the molecule is CC(=O)N(C)c1ccc(NC(=O)CCn2ccc3ccccc32)cc1. The lowest BCUT2D eigenvalue weighted by Gasteiger charge is -2.15. The number of carbonyl (C=O) groups excluding carboxylic acids is 2. The number of nitrogens with zero attached hydrogens (tertiary/aromatic N) is 2. The van der Waals surface area contributed by atoms with Crippen LogP contribution in [-0.4, -0.2) is 23.4 Å². The van der Waals surface area contributed by atoms with E-state index in [9.17, 15) is 9.59 Å². The molecule has 0 aliphatic heterocycles. The molecule has 0 aliphatic carbocycles. The van der Waals surface area contributed by atoms with E-state index in [0.717, 1.165) is 16.9 Å². The summed E-state index contributed by atoms with van der Waals surface area (Å²) in [6.45, 7) is 2.14. The van der Waals surface area contributed by atoms with Gasteiger partial charge in [0.15, 0.2) is 0 Å². The summed E-state index contributed by atoms with van der Waals surface area (Å²) >= 11 is 0. The summed E-state index contributed by atoms with van der Waals surface area (Å²) in [4.78, 5) is 25.1. The number of fused-ring (bicyclic) bond motifs is 1. The predicted molar refractivity (Wildman–Crippen MR) is 101 cm³/mol. The van der Waals surface area contributed by atoms with Crippen LogP contribution in [0.15, 0.2) is 60.8 Å². The molecule has 0 aliphatic rings. The van der Waals surface area contributed by atoms with Gasteiger partial charge < -0.3 is 14.8 Å². The van der Waals surface area contributed by atoms with Crippen molar-refractivity contribution in [3.05, 3.63) is 60.8 Å². The molecule has 2 aromatic carbocycles. The Bertz CT molecular complexity index is 897. The second-order valence-electron chi connectivity index (χ2n) is 5.99. The highest BCUT2D eigenvalue weighted by Gasteiger charge is 2.07. The summed E-state index contributed by atoms with van der Waals surface area (Å²) in [5, 5.41) is 4.07. The molecule has 0 spiro atoms. The van der Waals surface area contributed by atoms with Crippen LogP contribution in [0.5, 0.6) is 0 Å². The Hall–Kier alpha value is -3.08. The zero-order valence-corrected chi connectivity index (χ0v) is 14.4. The molecule has 1 heterocycles. The zero-order chi connectivity index (χ0) is 17.8. The summed E-state index contributed by atoms with van der Waals surface area (Å²) in [5.41, 5.74) is 2.65. The van der Waals surface area contributed by atoms with Gasteiger partial charge in [0, 0.05) is 50.0 Å². The monoisotopic (exact) mass is 335 g/mol. The number of aromatic nitrogens is 1. The molecule has 25 heavy (non-hydrogen) atoms. The number of benzene rings is 2. The number of para-hydroxylation sites is 1. The molecule has 0 fully saturated rings. The van der Waals surface area contributed by atoms with E-state index in [0.29, 0.717) is 13.0 Å². The van der Waals surface area contributed by atoms with Crippen molar-refractivity contribution in [3.8, 4) is 0 Å². The van der Waals surface area contributed by atoms with Gasteiger partial charge in [-0.25, -0.2) is 0 Å². The first-order valence-electron chi connectivity index (χ1n) is 8.22. The molecule has 5 nitrogen and oxygen atoms in total. The highest BCUT2D eigenvalue weighted by molar-refractivity contribution is 5.93. The average Bonchev–Trinajstić information content (AvgIpc) is 3.03. The number of aryl methyl sites for hydroxylation is 1. The minimum atomic E-state index is -0.0366. The Morgan fingerprint density at radius 2 is 1.76 bits per heavy atom. The van der Waals surface area contributed by atoms with Gasteiger partial charge in [-0.05, 0) is 41.8 Å². The van der Waals surface area contributed by atoms with Gasteiger partial charge >= 0.3 is 0 Å². The minimum absolute atomic E-state index is 0.0317. The molecule has 0 saturated carbocycles. The molecule has 1 aromatic heterocycles. The van der Waals surface area contributed by atoms with Gasteiger partial charge in [-0.1, -0.05) is 18.2 Å². The van der Waals surface area contributed by atoms with Crippen LogP contribution in [0, 0.1) is 0 Å². The Kier molecular flexibility index (Phi) is 4.84. The van der Waals surface area contributed by atoms with Gasteiger partial charge in [-0.3, -0.25) is 9.59 Å². The summed E-state index contributed by atoms with van der Waals surface area (Å²) in [6, 6.07) is 17.4. The molecule has 0 atom stereocenters. The number of hydrogen-bond donors (Lipinski definition) is 1. The number of amides is 2. The lowest BCUT2D eigenvalue weighted by molar-refractivity contribution is -0.117. The zero-order valence-electron chi connectivity index (χ0n) is 14.4. The Morgan fingerprint density at radius 1 is 1.04 bits per heavy atom. The van der Waals surface area contributed by atoms with Crippen molar-refractivity contribution in [2.75, 3.05) is 17.3 Å². The van der Waals surface area contributed by atoms with Crippen LogP contribution in [0.4, 0.5) is 11.4 Å². The van der Waals surface area contributed by atoms with Crippen LogP contribution in [-0.2, 0) is 16.1 Å². The number of rotatable bonds is 5. The molecular formula is C20H21N3O2. The number of carbonyl (C=O) groups is 2. The van der Waals surface area contributed by atoms with Gasteiger partial charge in [0.1, 0.15) is 0 Å². The molecule has 3 aromatic rings. The van der Waals surface area contributed by atoms with Gasteiger partial charge in [0.2, 0.25) is 11.8 Å². The number of hydrogen-bond acceptors (Lipinski definition) is 2. The van der Waals surface area contributed by atoms with Crippen LogP contribution in [0.2, 0.25) is 0 Å². The maximum atomic E-state index is 12.2. The highest BCUT2D eigenvalue weighted by Crippen LogP contribution is 2.18. The van der Waals surface area contributed by atoms with Gasteiger partial charge in [-0.15, -0.1) is 0 Å². The average molecular weight is 335 g/mol. The van der Waals surface area contributed by atoms with Crippen molar-refractivity contribution < 1.29 is 9.59 Å². The first-order chi connectivity index (χ1) is 12.0. The van der Waals surface area contributed by atoms with Crippen molar-refractivity contribution in [1.82, 2.24) is 4.57 Å². The minimum Gasteiger partial charge on any atom is -0.347 e. The second kappa shape index (κ2) is 7.21. The van der Waals surface area contributed by atoms with E-state index in [1.54, 1.807) is 24.1 Å². The number of nitrogens with one attached hydrogen (secondary N) is 1. The van der Waals surface area contributed by atoms with E-state index >= 15 is 0 Å². The lowest BCUT2D eigenvalue weighted by Crippen LogP contribution is -2.22. The lowest BCUT2D eigenvalue weighted by atomic mass is 10.2. The van der Waals surface area contributed by atoms with Crippen molar-refractivity contribution in [1.29, 1.82) is 0 Å². The molecule has 3 rings (SSSR count). The van der Waals surface area contributed by atoms with Crippen molar-refractivity contribution >= 4 is 34.1 Å². The van der Waals surface area contributed by atoms with E-state index in [4.69, 9.17) is 0 Å². The maximum Gasteiger partial charge on any atom is 0.226 e. The molecule has 0 bridgehead atoms. The van der Waals surface area contributed by atoms with Crippen molar-refractivity contribution in [2.24, 2.45) is 0 Å². The standard InChI is InChI=1S/C20H21N3O2/c1-15(24)22(2)18-9-7-17(8-10-18)21-20(25)12-14-23-13-11-16-5-3-4-6-19(16)23/h3-11,13H,12,14H2,1-2H3,(H,21,25). The van der Waals surface area contributed by atoms with Crippen molar-refractivity contribution in [2.45, 2.75) is 19.9 Å². The topological polar surface area (TPSA) is 54.3 Å². The van der Waals surface area contributed by atoms with Gasteiger partial charge in [-0.2, -0.15) is 0 Å². The van der Waals surface area contributed by atoms with Crippen LogP contribution in [0.1, 0.15) is 13.3 Å². The summed E-state index contributed by atoms with van der Waals surface area (Å²) in [6.07, 6.45) is 2.40. The molecule has 0 saturated heterocycles. The normalized spacial score (nSPS) is 10.6. The van der Waals surface area contributed by atoms with E-state index in [-0.39, 0.29) is 11.8 Å². The molecular weight excluding hydrogens is 314 g/mol. The smallest absolute Gasteiger partial charge is 0.226 e. The third-order valence-corrected chi connectivity index (χ3v) is 4.27. The van der Waals surface area contributed by atoms with Crippen LogP contribution in [0.3, 0.4) is 0 Å². The number of anilines is 2. The third-order valence-electron chi connectivity index (χ3n) is 4.27. The largest absolute Gasteiger partial charge is 0.347 e. The van der Waals surface area contributed by atoms with Crippen molar-refractivity contribution in [3.63, 3.8) is 0 Å². The summed E-state index contributed by atoms with van der Waals surface area (Å²) < 4.78 is 2.08.